The van der Waals surface area contributed by atoms with Crippen LogP contribution in [0.1, 0.15) is 57.1 Å². The summed E-state index contributed by atoms with van der Waals surface area (Å²) in [4.78, 5) is 2.50. The molecule has 3 heteroatoms. The van der Waals surface area contributed by atoms with Crippen LogP contribution in [0.2, 0.25) is 0 Å². The molecule has 1 aliphatic rings. The van der Waals surface area contributed by atoms with Crippen molar-refractivity contribution in [1.82, 2.24) is 4.90 Å². The summed E-state index contributed by atoms with van der Waals surface area (Å²) in [5, 5.41) is 0. The van der Waals surface area contributed by atoms with Crippen molar-refractivity contribution in [2.45, 2.75) is 57.5 Å². The van der Waals surface area contributed by atoms with Gasteiger partial charge in [0.15, 0.2) is 0 Å². The van der Waals surface area contributed by atoms with Crippen LogP contribution < -0.4 is 10.5 Å². The van der Waals surface area contributed by atoms with Crippen molar-refractivity contribution >= 4 is 0 Å². The van der Waals surface area contributed by atoms with Gasteiger partial charge in [0.05, 0.1) is 6.61 Å². The Morgan fingerprint density at radius 1 is 1.24 bits per heavy atom. The van der Waals surface area contributed by atoms with Crippen LogP contribution in [-0.2, 0) is 0 Å². The summed E-state index contributed by atoms with van der Waals surface area (Å²) in [7, 11) is 2.24. The minimum atomic E-state index is 0.286. The number of nitrogens with zero attached hydrogens (tertiary/aromatic N) is 1. The third-order valence-electron chi connectivity index (χ3n) is 4.67. The van der Waals surface area contributed by atoms with Crippen molar-refractivity contribution in [1.29, 1.82) is 0 Å². The van der Waals surface area contributed by atoms with Crippen molar-refractivity contribution in [2.75, 3.05) is 20.2 Å². The monoisotopic (exact) mass is 290 g/mol. The number of benzene rings is 1. The van der Waals surface area contributed by atoms with Gasteiger partial charge in [-0.1, -0.05) is 37.8 Å². The lowest BCUT2D eigenvalue weighted by molar-refractivity contribution is 0.161. The maximum atomic E-state index is 6.09. The first-order chi connectivity index (χ1) is 10.3. The molecule has 0 bridgehead atoms. The summed E-state index contributed by atoms with van der Waals surface area (Å²) < 4.78 is 5.63. The standard InChI is InChI=1S/C18H30N2O/c1-3-21-17-12-8-9-15(13-17)18(14-19)20(2)16-10-6-4-5-7-11-16/h8-9,12-13,16,18H,3-7,10-11,14,19H2,1-2H3. The van der Waals surface area contributed by atoms with Crippen LogP contribution in [0.15, 0.2) is 24.3 Å². The van der Waals surface area contributed by atoms with Crippen LogP contribution >= 0.6 is 0 Å². The Morgan fingerprint density at radius 3 is 2.57 bits per heavy atom. The lowest BCUT2D eigenvalue weighted by atomic mass is 10.0. The van der Waals surface area contributed by atoms with Crippen LogP contribution in [0.3, 0.4) is 0 Å². The second kappa shape index (κ2) is 8.40. The maximum Gasteiger partial charge on any atom is 0.119 e. The highest BCUT2D eigenvalue weighted by molar-refractivity contribution is 5.31. The largest absolute Gasteiger partial charge is 0.494 e. The first-order valence-corrected chi connectivity index (χ1v) is 8.41. The second-order valence-corrected chi connectivity index (χ2v) is 6.07. The molecular formula is C18H30N2O. The highest BCUT2D eigenvalue weighted by Gasteiger charge is 2.24. The van der Waals surface area contributed by atoms with Crippen LogP contribution in [0, 0.1) is 0 Å². The highest BCUT2D eigenvalue weighted by Crippen LogP contribution is 2.29. The van der Waals surface area contributed by atoms with Crippen LogP contribution in [0.5, 0.6) is 5.75 Å². The molecule has 0 aromatic heterocycles. The molecule has 2 N–H and O–H groups in total. The SMILES string of the molecule is CCOc1cccc(C(CN)N(C)C2CCCCCC2)c1. The molecule has 0 spiro atoms. The van der Waals surface area contributed by atoms with E-state index >= 15 is 0 Å². The zero-order chi connectivity index (χ0) is 15.1. The van der Waals surface area contributed by atoms with Crippen LogP contribution in [-0.4, -0.2) is 31.1 Å². The smallest absolute Gasteiger partial charge is 0.119 e. The van der Waals surface area contributed by atoms with Crippen molar-refractivity contribution in [3.05, 3.63) is 29.8 Å². The zero-order valence-electron chi connectivity index (χ0n) is 13.6. The van der Waals surface area contributed by atoms with E-state index in [1.54, 1.807) is 0 Å². The van der Waals surface area contributed by atoms with Gasteiger partial charge in [-0.05, 0) is 44.5 Å². The van der Waals surface area contributed by atoms with Gasteiger partial charge >= 0.3 is 0 Å². The minimum absolute atomic E-state index is 0.286. The summed E-state index contributed by atoms with van der Waals surface area (Å²) in [6, 6.07) is 9.36. The first-order valence-electron chi connectivity index (χ1n) is 8.41. The molecule has 118 valence electrons. The number of nitrogens with two attached hydrogens (primary N) is 1. The van der Waals surface area contributed by atoms with Gasteiger partial charge in [0, 0.05) is 18.6 Å². The molecule has 0 heterocycles. The molecule has 0 amide bonds. The zero-order valence-corrected chi connectivity index (χ0v) is 13.6. The summed E-state index contributed by atoms with van der Waals surface area (Å²) in [6.07, 6.45) is 8.09. The predicted molar refractivity (Wildman–Crippen MR) is 88.7 cm³/mol. The Morgan fingerprint density at radius 2 is 1.95 bits per heavy atom. The van der Waals surface area contributed by atoms with Crippen molar-refractivity contribution in [2.24, 2.45) is 5.73 Å². The molecule has 0 aliphatic heterocycles. The number of rotatable bonds is 6. The van der Waals surface area contributed by atoms with E-state index in [2.05, 4.69) is 30.1 Å². The fourth-order valence-corrected chi connectivity index (χ4v) is 3.44. The summed E-state index contributed by atoms with van der Waals surface area (Å²) in [6.45, 7) is 3.38. The molecule has 2 rings (SSSR count). The number of hydrogen-bond acceptors (Lipinski definition) is 3. The topological polar surface area (TPSA) is 38.5 Å². The third kappa shape index (κ3) is 4.45. The van der Waals surface area contributed by atoms with Crippen LogP contribution in [0.4, 0.5) is 0 Å². The van der Waals surface area contributed by atoms with E-state index in [1.807, 2.05) is 13.0 Å². The van der Waals surface area contributed by atoms with E-state index in [4.69, 9.17) is 10.5 Å². The van der Waals surface area contributed by atoms with Gasteiger partial charge < -0.3 is 10.5 Å². The summed E-state index contributed by atoms with van der Waals surface area (Å²) >= 11 is 0. The van der Waals surface area contributed by atoms with E-state index in [0.717, 1.165) is 5.75 Å². The minimum Gasteiger partial charge on any atom is -0.494 e. The van der Waals surface area contributed by atoms with E-state index < -0.39 is 0 Å². The fourth-order valence-electron chi connectivity index (χ4n) is 3.44. The Labute approximate surface area is 129 Å². The van der Waals surface area contributed by atoms with E-state index in [0.29, 0.717) is 19.2 Å². The predicted octanol–water partition coefficient (Wildman–Crippen LogP) is 3.74. The lowest BCUT2D eigenvalue weighted by Crippen LogP contribution is -2.38. The molecule has 1 aromatic rings. The van der Waals surface area contributed by atoms with Gasteiger partial charge in [-0.15, -0.1) is 0 Å². The van der Waals surface area contributed by atoms with Gasteiger partial charge in [0.1, 0.15) is 5.75 Å². The molecule has 1 saturated carbocycles. The van der Waals surface area contributed by atoms with Crippen molar-refractivity contribution < 1.29 is 4.74 Å². The molecule has 1 aliphatic carbocycles. The summed E-state index contributed by atoms with van der Waals surface area (Å²) in [5.74, 6) is 0.947. The quantitative estimate of drug-likeness (QED) is 0.811. The number of hydrogen-bond donors (Lipinski definition) is 1. The van der Waals surface area contributed by atoms with Gasteiger partial charge in [0.25, 0.3) is 0 Å². The molecule has 0 radical (unpaired) electrons. The van der Waals surface area contributed by atoms with Crippen LogP contribution in [0.25, 0.3) is 0 Å². The van der Waals surface area contributed by atoms with Crippen molar-refractivity contribution in [3.8, 4) is 5.75 Å². The van der Waals surface area contributed by atoms with E-state index in [-0.39, 0.29) is 6.04 Å². The molecule has 1 fully saturated rings. The second-order valence-electron chi connectivity index (χ2n) is 6.07. The first kappa shape index (κ1) is 16.3. The fraction of sp³-hybridized carbons (Fsp3) is 0.667. The van der Waals surface area contributed by atoms with Crippen molar-refractivity contribution in [3.63, 3.8) is 0 Å². The molecule has 3 nitrogen and oxygen atoms in total. The third-order valence-corrected chi connectivity index (χ3v) is 4.67. The average molecular weight is 290 g/mol. The lowest BCUT2D eigenvalue weighted by Gasteiger charge is -2.34. The Kier molecular flexibility index (Phi) is 6.52. The Bertz CT molecular complexity index is 413. The summed E-state index contributed by atoms with van der Waals surface area (Å²) in [5.41, 5.74) is 7.37. The number of likely N-dealkylation sites (N-methyl/N-ethyl adjacent to an activating group) is 1. The molecule has 0 saturated heterocycles. The average Bonchev–Trinajstić information content (AvgIpc) is 2.78. The maximum absolute atomic E-state index is 6.09. The Hall–Kier alpha value is -1.06. The Balaban J connectivity index is 2.11. The molecule has 21 heavy (non-hydrogen) atoms. The molecule has 1 atom stereocenters. The van der Waals surface area contributed by atoms with Gasteiger partial charge in [-0.2, -0.15) is 0 Å². The molecular weight excluding hydrogens is 260 g/mol. The molecule has 1 unspecified atom stereocenters. The van der Waals surface area contributed by atoms with Gasteiger partial charge in [-0.25, -0.2) is 0 Å². The normalized spacial score (nSPS) is 18.5. The van der Waals surface area contributed by atoms with Gasteiger partial charge in [0.2, 0.25) is 0 Å². The highest BCUT2D eigenvalue weighted by atomic mass is 16.5. The number of ether oxygens (including phenoxy) is 1. The van der Waals surface area contributed by atoms with E-state index in [9.17, 15) is 0 Å². The van der Waals surface area contributed by atoms with E-state index in [1.165, 1.54) is 44.1 Å². The van der Waals surface area contributed by atoms with Gasteiger partial charge in [-0.3, -0.25) is 4.90 Å². The molecule has 1 aromatic carbocycles.